The predicted molar refractivity (Wildman–Crippen MR) is 77.2 cm³/mol. The monoisotopic (exact) mass is 282 g/mol. The molecule has 1 aliphatic carbocycles. The molecular formula is C17H14O4. The zero-order valence-corrected chi connectivity index (χ0v) is 11.4. The van der Waals surface area contributed by atoms with Crippen molar-refractivity contribution >= 4 is 23.7 Å². The lowest BCUT2D eigenvalue weighted by atomic mass is 10.0. The third kappa shape index (κ3) is 2.94. The van der Waals surface area contributed by atoms with Crippen molar-refractivity contribution in [2.24, 2.45) is 0 Å². The molecule has 0 spiro atoms. The van der Waals surface area contributed by atoms with Gasteiger partial charge in [-0.2, -0.15) is 0 Å². The highest BCUT2D eigenvalue weighted by molar-refractivity contribution is 6.50. The van der Waals surface area contributed by atoms with E-state index in [0.29, 0.717) is 35.5 Å². The van der Waals surface area contributed by atoms with Crippen LogP contribution in [0.25, 0.3) is 12.2 Å². The molecule has 4 nitrogen and oxygen atoms in total. The quantitative estimate of drug-likeness (QED) is 0.479. The lowest BCUT2D eigenvalue weighted by Gasteiger charge is -2.00. The van der Waals surface area contributed by atoms with Gasteiger partial charge in [-0.3, -0.25) is 9.59 Å². The Hall–Kier alpha value is -2.62. The number of carbonyl (C=O) groups excluding carboxylic acids is 2. The number of hydrogen-bond donors (Lipinski definition) is 0. The molecule has 0 bridgehead atoms. The summed E-state index contributed by atoms with van der Waals surface area (Å²) in [6.45, 7) is 0. The second kappa shape index (κ2) is 5.79. The topological polar surface area (TPSA) is 60.4 Å². The maximum Gasteiger partial charge on any atom is 0.229 e. The van der Waals surface area contributed by atoms with Gasteiger partial charge in [0.25, 0.3) is 0 Å². The molecule has 0 unspecified atom stereocenters. The third-order valence-electron chi connectivity index (χ3n) is 3.40. The SMILES string of the molecule is O=C1C(=O)C(=Cc2ccco2)CCCC1=Cc1ccco1. The Morgan fingerprint density at radius 3 is 1.67 bits per heavy atom. The van der Waals surface area contributed by atoms with Crippen LogP contribution in [0.1, 0.15) is 30.8 Å². The fourth-order valence-electron chi connectivity index (χ4n) is 2.35. The van der Waals surface area contributed by atoms with E-state index in [1.807, 2.05) is 0 Å². The Bertz CT molecular complexity index is 638. The maximum absolute atomic E-state index is 12.3. The van der Waals surface area contributed by atoms with E-state index in [4.69, 9.17) is 8.83 Å². The van der Waals surface area contributed by atoms with Gasteiger partial charge in [-0.15, -0.1) is 0 Å². The molecule has 0 N–H and O–H groups in total. The van der Waals surface area contributed by atoms with Crippen LogP contribution in [-0.4, -0.2) is 11.6 Å². The van der Waals surface area contributed by atoms with Crippen molar-refractivity contribution in [3.8, 4) is 0 Å². The summed E-state index contributed by atoms with van der Waals surface area (Å²) in [5, 5.41) is 0. The summed E-state index contributed by atoms with van der Waals surface area (Å²) in [5.74, 6) is 0.262. The molecular weight excluding hydrogens is 268 g/mol. The maximum atomic E-state index is 12.3. The molecule has 0 saturated heterocycles. The Kier molecular flexibility index (Phi) is 3.69. The van der Waals surface area contributed by atoms with Gasteiger partial charge in [-0.1, -0.05) is 0 Å². The minimum atomic E-state index is -0.457. The zero-order chi connectivity index (χ0) is 14.7. The Labute approximate surface area is 121 Å². The van der Waals surface area contributed by atoms with Gasteiger partial charge in [0.05, 0.1) is 12.5 Å². The van der Waals surface area contributed by atoms with Crippen molar-refractivity contribution in [2.45, 2.75) is 19.3 Å². The first kappa shape index (κ1) is 13.4. The molecule has 3 rings (SSSR count). The van der Waals surface area contributed by atoms with Crippen LogP contribution in [0.5, 0.6) is 0 Å². The summed E-state index contributed by atoms with van der Waals surface area (Å²) in [7, 11) is 0. The normalized spacial score (nSPS) is 20.2. The van der Waals surface area contributed by atoms with Crippen molar-refractivity contribution in [3.05, 3.63) is 59.5 Å². The van der Waals surface area contributed by atoms with Gasteiger partial charge in [0.2, 0.25) is 11.6 Å². The summed E-state index contributed by atoms with van der Waals surface area (Å²) in [6.07, 6.45) is 8.26. The molecule has 1 saturated carbocycles. The van der Waals surface area contributed by atoms with E-state index in [1.54, 1.807) is 36.4 Å². The number of hydrogen-bond acceptors (Lipinski definition) is 4. The predicted octanol–water partition coefficient (Wildman–Crippen LogP) is 3.66. The molecule has 1 aliphatic rings. The van der Waals surface area contributed by atoms with E-state index in [-0.39, 0.29) is 0 Å². The Balaban J connectivity index is 1.88. The van der Waals surface area contributed by atoms with Crippen LogP contribution in [0.3, 0.4) is 0 Å². The summed E-state index contributed by atoms with van der Waals surface area (Å²) in [4.78, 5) is 24.6. The lowest BCUT2D eigenvalue weighted by Crippen LogP contribution is -2.15. The van der Waals surface area contributed by atoms with E-state index in [0.717, 1.165) is 6.42 Å². The number of allylic oxidation sites excluding steroid dienone is 2. The van der Waals surface area contributed by atoms with Crippen LogP contribution >= 0.6 is 0 Å². The molecule has 0 atom stereocenters. The van der Waals surface area contributed by atoms with Gasteiger partial charge in [-0.05, 0) is 55.7 Å². The highest BCUT2D eigenvalue weighted by atomic mass is 16.3. The minimum absolute atomic E-state index is 0.457. The molecule has 2 aromatic rings. The number of rotatable bonds is 2. The van der Waals surface area contributed by atoms with Crippen LogP contribution in [0.2, 0.25) is 0 Å². The average Bonchev–Trinajstić information content (AvgIpc) is 3.14. The van der Waals surface area contributed by atoms with Crippen molar-refractivity contribution in [2.75, 3.05) is 0 Å². The molecule has 2 aromatic heterocycles. The fourth-order valence-corrected chi connectivity index (χ4v) is 2.35. The molecule has 4 heteroatoms. The standard InChI is InChI=1S/C17H14O4/c18-16-12(10-14-6-2-8-20-14)4-1-5-13(17(16)19)11-15-7-3-9-21-15/h2-3,6-11H,1,4-5H2. The van der Waals surface area contributed by atoms with Crippen LogP contribution in [0.4, 0.5) is 0 Å². The number of ketones is 2. The van der Waals surface area contributed by atoms with Crippen LogP contribution in [-0.2, 0) is 9.59 Å². The highest BCUT2D eigenvalue weighted by Crippen LogP contribution is 2.25. The van der Waals surface area contributed by atoms with Gasteiger partial charge in [0.15, 0.2) is 0 Å². The fraction of sp³-hybridized carbons (Fsp3) is 0.176. The molecule has 106 valence electrons. The molecule has 0 aromatic carbocycles. The molecule has 0 amide bonds. The minimum Gasteiger partial charge on any atom is -0.465 e. The summed E-state index contributed by atoms with van der Waals surface area (Å²) < 4.78 is 10.4. The van der Waals surface area contributed by atoms with Crippen molar-refractivity contribution in [1.29, 1.82) is 0 Å². The van der Waals surface area contributed by atoms with Gasteiger partial charge < -0.3 is 8.83 Å². The second-order valence-electron chi connectivity index (χ2n) is 4.88. The third-order valence-corrected chi connectivity index (χ3v) is 3.40. The number of carbonyl (C=O) groups is 2. The largest absolute Gasteiger partial charge is 0.465 e. The Morgan fingerprint density at radius 1 is 0.810 bits per heavy atom. The first-order chi connectivity index (χ1) is 10.2. The van der Waals surface area contributed by atoms with Gasteiger partial charge >= 0.3 is 0 Å². The van der Waals surface area contributed by atoms with Gasteiger partial charge in [-0.25, -0.2) is 0 Å². The van der Waals surface area contributed by atoms with Crippen molar-refractivity contribution in [1.82, 2.24) is 0 Å². The first-order valence-corrected chi connectivity index (χ1v) is 6.81. The molecule has 0 radical (unpaired) electrons. The van der Waals surface area contributed by atoms with Crippen LogP contribution in [0, 0.1) is 0 Å². The smallest absolute Gasteiger partial charge is 0.229 e. The molecule has 0 aliphatic heterocycles. The van der Waals surface area contributed by atoms with E-state index < -0.39 is 11.6 Å². The molecule has 21 heavy (non-hydrogen) atoms. The van der Waals surface area contributed by atoms with Gasteiger partial charge in [0, 0.05) is 11.1 Å². The first-order valence-electron chi connectivity index (χ1n) is 6.81. The summed E-state index contributed by atoms with van der Waals surface area (Å²) in [5.41, 5.74) is 0.996. The average molecular weight is 282 g/mol. The van der Waals surface area contributed by atoms with E-state index in [9.17, 15) is 9.59 Å². The number of Topliss-reactive ketones (excluding diaryl/α,β-unsaturated/α-hetero) is 2. The zero-order valence-electron chi connectivity index (χ0n) is 11.4. The number of furan rings is 2. The van der Waals surface area contributed by atoms with Crippen molar-refractivity contribution < 1.29 is 18.4 Å². The lowest BCUT2D eigenvalue weighted by molar-refractivity contribution is -0.131. The highest BCUT2D eigenvalue weighted by Gasteiger charge is 2.26. The molecule has 2 heterocycles. The van der Waals surface area contributed by atoms with Crippen LogP contribution < -0.4 is 0 Å². The summed E-state index contributed by atoms with van der Waals surface area (Å²) >= 11 is 0. The van der Waals surface area contributed by atoms with E-state index in [1.165, 1.54) is 12.5 Å². The van der Waals surface area contributed by atoms with E-state index in [2.05, 4.69) is 0 Å². The van der Waals surface area contributed by atoms with Crippen molar-refractivity contribution in [3.63, 3.8) is 0 Å². The summed E-state index contributed by atoms with van der Waals surface area (Å²) in [6, 6.07) is 7.01. The van der Waals surface area contributed by atoms with Crippen LogP contribution in [0.15, 0.2) is 56.8 Å². The second-order valence-corrected chi connectivity index (χ2v) is 4.88. The van der Waals surface area contributed by atoms with E-state index >= 15 is 0 Å². The molecule has 1 fully saturated rings. The Morgan fingerprint density at radius 2 is 1.29 bits per heavy atom. The van der Waals surface area contributed by atoms with Gasteiger partial charge in [0.1, 0.15) is 11.5 Å².